The van der Waals surface area contributed by atoms with Gasteiger partial charge in [-0.2, -0.15) is 0 Å². The van der Waals surface area contributed by atoms with Crippen LogP contribution >= 0.6 is 0 Å². The van der Waals surface area contributed by atoms with E-state index >= 15 is 0 Å². The Morgan fingerprint density at radius 2 is 0.626 bits per heavy atom. The molecule has 0 N–H and O–H groups in total. The van der Waals surface area contributed by atoms with Crippen molar-refractivity contribution in [3.05, 3.63) is 109 Å². The van der Waals surface area contributed by atoms with E-state index in [4.69, 9.17) is 18.9 Å². The summed E-state index contributed by atoms with van der Waals surface area (Å²) in [6.45, 7) is 4.68. The van der Waals surface area contributed by atoms with E-state index in [0.29, 0.717) is 23.9 Å². The summed E-state index contributed by atoms with van der Waals surface area (Å²) in [7, 11) is 5.94. The van der Waals surface area contributed by atoms with Crippen LogP contribution < -0.4 is 5.11 Å². The Balaban J connectivity index is 4.07. The van der Waals surface area contributed by atoms with Crippen LogP contribution in [0.2, 0.25) is 0 Å². The monoisotopic (exact) mass is 1270 g/mol. The van der Waals surface area contributed by atoms with Crippen molar-refractivity contribution in [2.45, 2.75) is 347 Å². The third-order valence-corrected chi connectivity index (χ3v) is 16.5. The molecule has 0 saturated heterocycles. The molecule has 524 valence electrons. The van der Waals surface area contributed by atoms with E-state index in [1.807, 2.05) is 21.1 Å². The number of rotatable bonds is 70. The van der Waals surface area contributed by atoms with Gasteiger partial charge in [-0.3, -0.25) is 9.59 Å². The van der Waals surface area contributed by atoms with Gasteiger partial charge in [0.15, 0.2) is 12.4 Å². The Kier molecular flexibility index (Phi) is 68.6. The minimum absolute atomic E-state index is 0.146. The molecule has 0 aromatic carbocycles. The lowest BCUT2D eigenvalue weighted by Gasteiger charge is -2.26. The molecule has 0 radical (unpaired) electrons. The maximum atomic E-state index is 13.0. The number of carbonyl (C=O) groups is 3. The van der Waals surface area contributed by atoms with E-state index in [9.17, 15) is 19.5 Å². The number of hydrogen-bond acceptors (Lipinski definition) is 8. The number of ether oxygens (including phenoxy) is 4. The maximum Gasteiger partial charge on any atom is 0.306 e. The summed E-state index contributed by atoms with van der Waals surface area (Å²) in [5.41, 5.74) is 0. The van der Waals surface area contributed by atoms with E-state index in [1.54, 1.807) is 0 Å². The predicted molar refractivity (Wildman–Crippen MR) is 389 cm³/mol. The van der Waals surface area contributed by atoms with E-state index in [-0.39, 0.29) is 32.2 Å². The number of aliphatic carboxylic acids is 1. The zero-order valence-corrected chi connectivity index (χ0v) is 59.9. The van der Waals surface area contributed by atoms with Gasteiger partial charge in [0.25, 0.3) is 0 Å². The van der Waals surface area contributed by atoms with Crippen LogP contribution in [0.1, 0.15) is 335 Å². The normalized spacial score (nSPS) is 13.3. The molecule has 0 rings (SSSR count). The summed E-state index contributed by atoms with van der Waals surface area (Å²) < 4.78 is 22.8. The van der Waals surface area contributed by atoms with Crippen LogP contribution in [0.3, 0.4) is 0 Å². The summed E-state index contributed by atoms with van der Waals surface area (Å²) >= 11 is 0. The van der Waals surface area contributed by atoms with E-state index in [2.05, 4.69) is 123 Å². The van der Waals surface area contributed by atoms with Crippen molar-refractivity contribution in [3.63, 3.8) is 0 Å². The summed E-state index contributed by atoms with van der Waals surface area (Å²) in [5.74, 6) is -2.27. The average molecular weight is 1270 g/mol. The number of hydrogen-bond donors (Lipinski definition) is 0. The SMILES string of the molecule is CC/C=C\C/C=C\C/C=C\C/C=C\C/C=C\C/C=C\C/C=C\C/C=C\C/C=C\CCCCCCCCCCCCCCCC(=O)OC(COC(=O)CCCCCCCCCCCCCCCCCCCCCCCCCCC)COC(OCC[N+](C)(C)C)C(=O)[O-]. The molecule has 0 aromatic rings. The predicted octanol–water partition coefficient (Wildman–Crippen LogP) is 22.8. The van der Waals surface area contributed by atoms with Crippen LogP contribution in [0, 0.1) is 0 Å². The van der Waals surface area contributed by atoms with Gasteiger partial charge in [0.05, 0.1) is 40.3 Å². The van der Waals surface area contributed by atoms with Gasteiger partial charge < -0.3 is 33.3 Å². The molecule has 9 nitrogen and oxygen atoms in total. The Morgan fingerprint density at radius 3 is 0.934 bits per heavy atom. The van der Waals surface area contributed by atoms with Crippen molar-refractivity contribution in [2.75, 3.05) is 47.5 Å². The molecule has 0 saturated carbocycles. The van der Waals surface area contributed by atoms with Gasteiger partial charge in [0, 0.05) is 12.8 Å². The fourth-order valence-corrected chi connectivity index (χ4v) is 10.8. The maximum absolute atomic E-state index is 13.0. The van der Waals surface area contributed by atoms with Gasteiger partial charge in [0.2, 0.25) is 0 Å². The van der Waals surface area contributed by atoms with Crippen LogP contribution in [-0.4, -0.2) is 82.3 Å². The molecule has 0 aliphatic rings. The third-order valence-electron chi connectivity index (χ3n) is 16.5. The molecule has 0 fully saturated rings. The van der Waals surface area contributed by atoms with Gasteiger partial charge in [-0.15, -0.1) is 0 Å². The first-order valence-electron chi connectivity index (χ1n) is 38.0. The number of unbranched alkanes of at least 4 members (excludes halogenated alkanes) is 37. The minimum Gasteiger partial charge on any atom is -0.545 e. The number of nitrogens with zero attached hydrogens (tertiary/aromatic N) is 1. The molecule has 0 aromatic heterocycles. The van der Waals surface area contributed by atoms with Crippen LogP contribution in [0.25, 0.3) is 0 Å². The van der Waals surface area contributed by atoms with Crippen LogP contribution in [0.5, 0.6) is 0 Å². The fourth-order valence-electron chi connectivity index (χ4n) is 10.8. The van der Waals surface area contributed by atoms with Crippen molar-refractivity contribution < 1.29 is 42.9 Å². The highest BCUT2D eigenvalue weighted by Gasteiger charge is 2.22. The molecule has 0 aliphatic carbocycles. The van der Waals surface area contributed by atoms with Crippen molar-refractivity contribution in [1.29, 1.82) is 0 Å². The zero-order valence-electron chi connectivity index (χ0n) is 59.9. The molecule has 0 aliphatic heterocycles. The van der Waals surface area contributed by atoms with Crippen molar-refractivity contribution in [1.82, 2.24) is 0 Å². The van der Waals surface area contributed by atoms with Crippen LogP contribution in [-0.2, 0) is 33.3 Å². The molecule has 0 bridgehead atoms. The van der Waals surface area contributed by atoms with E-state index in [1.165, 1.54) is 205 Å². The molecule has 9 heteroatoms. The fraction of sp³-hybridized carbons (Fsp3) is 0.744. The summed E-state index contributed by atoms with van der Waals surface area (Å²) in [4.78, 5) is 37.5. The van der Waals surface area contributed by atoms with Crippen LogP contribution in [0.15, 0.2) is 109 Å². The van der Waals surface area contributed by atoms with Gasteiger partial charge in [0.1, 0.15) is 13.2 Å². The van der Waals surface area contributed by atoms with E-state index < -0.39 is 24.3 Å². The lowest BCUT2D eigenvalue weighted by Crippen LogP contribution is -2.44. The molecule has 2 unspecified atom stereocenters. The highest BCUT2D eigenvalue weighted by Crippen LogP contribution is 2.18. The standard InChI is InChI=1S/C82H143NO8/c1-6-8-10-12-14-16-18-20-22-24-26-28-30-32-33-34-35-36-37-38-39-40-41-42-43-44-45-46-47-49-51-53-55-57-59-61-63-65-67-69-71-73-80(85)91-78(77-90-82(81(86)87)88-75-74-83(3,4)5)76-89-79(84)72-70-68-66-64-62-60-58-56-54-52-50-48-31-29-27-25-23-21-19-17-15-13-11-9-7-2/h8,10,14,16,20,22,26,28,32-33,35-36,38-39,41-42,44-45,78,82H,6-7,9,11-13,15,17-19,21,23-25,27,29-31,34,37,40,43,46-77H2,1-5H3/b10-8-,16-14-,22-20-,28-26-,33-32-,36-35-,39-38-,42-41-,45-44-. The molecule has 0 spiro atoms. The lowest BCUT2D eigenvalue weighted by atomic mass is 10.0. The summed E-state index contributed by atoms with van der Waals surface area (Å²) in [5, 5.41) is 11.8. The number of quaternary nitrogens is 1. The van der Waals surface area contributed by atoms with Crippen molar-refractivity contribution >= 4 is 17.9 Å². The zero-order chi connectivity index (χ0) is 66.1. The second kappa shape index (κ2) is 71.8. The van der Waals surface area contributed by atoms with Gasteiger partial charge in [-0.1, -0.05) is 348 Å². The lowest BCUT2D eigenvalue weighted by molar-refractivity contribution is -0.870. The first-order valence-corrected chi connectivity index (χ1v) is 38.0. The third kappa shape index (κ3) is 73.2. The number of carboxylic acids is 1. The largest absolute Gasteiger partial charge is 0.545 e. The topological polar surface area (TPSA) is 111 Å². The first-order chi connectivity index (χ1) is 44.6. The minimum atomic E-state index is -1.63. The molecule has 91 heavy (non-hydrogen) atoms. The number of allylic oxidation sites excluding steroid dienone is 18. The second-order valence-corrected chi connectivity index (χ2v) is 26.6. The van der Waals surface area contributed by atoms with Gasteiger partial charge in [-0.25, -0.2) is 0 Å². The van der Waals surface area contributed by atoms with E-state index in [0.717, 1.165) is 96.3 Å². The Morgan fingerprint density at radius 1 is 0.341 bits per heavy atom. The first kappa shape index (κ1) is 87.0. The molecule has 0 heterocycles. The highest BCUT2D eigenvalue weighted by atomic mass is 16.7. The quantitative estimate of drug-likeness (QED) is 0.0195. The number of carboxylic acid groups (broad SMARTS) is 1. The molecular weight excluding hydrogens is 1130 g/mol. The van der Waals surface area contributed by atoms with Crippen molar-refractivity contribution in [3.8, 4) is 0 Å². The Bertz CT molecular complexity index is 1870. The average Bonchev–Trinajstić information content (AvgIpc) is 3.53. The number of likely N-dealkylation sites (N-methyl/N-ethyl adjacent to an activating group) is 1. The number of carbonyl (C=O) groups excluding carboxylic acids is 3. The Hall–Kier alpha value is -4.05. The second-order valence-electron chi connectivity index (χ2n) is 26.6. The molecule has 2 atom stereocenters. The highest BCUT2D eigenvalue weighted by molar-refractivity contribution is 5.70. The molecular formula is C82H143NO8. The summed E-state index contributed by atoms with van der Waals surface area (Å²) in [6.07, 6.45) is 97.6. The Labute approximate surface area is 562 Å². The summed E-state index contributed by atoms with van der Waals surface area (Å²) in [6, 6.07) is 0. The van der Waals surface area contributed by atoms with Gasteiger partial charge >= 0.3 is 11.9 Å². The van der Waals surface area contributed by atoms with Gasteiger partial charge in [-0.05, 0) is 83.5 Å². The number of esters is 2. The smallest absolute Gasteiger partial charge is 0.306 e. The molecule has 0 amide bonds. The van der Waals surface area contributed by atoms with Crippen LogP contribution in [0.4, 0.5) is 0 Å². The van der Waals surface area contributed by atoms with Crippen molar-refractivity contribution in [2.24, 2.45) is 0 Å².